The second kappa shape index (κ2) is 7.42. The highest BCUT2D eigenvalue weighted by Gasteiger charge is 2.24. The third kappa shape index (κ3) is 3.67. The minimum atomic E-state index is -0.178. The van der Waals surface area contributed by atoms with Gasteiger partial charge >= 0.3 is 0 Å². The lowest BCUT2D eigenvalue weighted by molar-refractivity contribution is 0.0932. The molecule has 1 aliphatic carbocycles. The van der Waals surface area contributed by atoms with Crippen LogP contribution in [-0.2, 0) is 19.3 Å². The molecule has 27 heavy (non-hydrogen) atoms. The Hall–Kier alpha value is -2.83. The fraction of sp³-hybridized carbons (Fsp3) is 0.450. The molecule has 1 aromatic carbocycles. The smallest absolute Gasteiger partial charge is 0.270 e. The molecule has 0 bridgehead atoms. The zero-order chi connectivity index (χ0) is 18.8. The maximum Gasteiger partial charge on any atom is 0.270 e. The molecule has 4 rings (SSSR count). The topological polar surface area (TPSA) is 99.4 Å². The molecule has 0 saturated heterocycles. The van der Waals surface area contributed by atoms with Gasteiger partial charge in [-0.05, 0) is 43.7 Å². The number of hydrogen-bond acceptors (Lipinski definition) is 6. The van der Waals surface area contributed by atoms with Gasteiger partial charge < -0.3 is 20.5 Å². The van der Waals surface area contributed by atoms with Gasteiger partial charge in [0, 0.05) is 29.8 Å². The fourth-order valence-corrected chi connectivity index (χ4v) is 3.80. The van der Waals surface area contributed by atoms with Crippen LogP contribution in [0.15, 0.2) is 18.2 Å². The molecule has 2 aromatic rings. The first-order valence-corrected chi connectivity index (χ1v) is 9.37. The Morgan fingerprint density at radius 2 is 2.19 bits per heavy atom. The summed E-state index contributed by atoms with van der Waals surface area (Å²) in [5, 5.41) is 3.01. The molecule has 1 aromatic heterocycles. The second-order valence-electron chi connectivity index (χ2n) is 7.13. The van der Waals surface area contributed by atoms with Crippen molar-refractivity contribution in [3.05, 3.63) is 40.7 Å². The molecule has 7 heteroatoms. The van der Waals surface area contributed by atoms with Crippen LogP contribution in [0.25, 0.3) is 0 Å². The fourth-order valence-electron chi connectivity index (χ4n) is 3.80. The number of ether oxygens (including phenoxy) is 2. The Morgan fingerprint density at radius 3 is 3.04 bits per heavy atom. The Balaban J connectivity index is 1.42. The molecule has 1 aliphatic heterocycles. The van der Waals surface area contributed by atoms with Crippen molar-refractivity contribution < 1.29 is 14.3 Å². The van der Waals surface area contributed by atoms with Crippen molar-refractivity contribution in [2.75, 3.05) is 26.0 Å². The van der Waals surface area contributed by atoms with E-state index in [1.54, 1.807) is 7.11 Å². The molecule has 0 radical (unpaired) electrons. The number of aryl methyl sites for hydroxylation is 1. The first-order valence-electron chi connectivity index (χ1n) is 9.37. The van der Waals surface area contributed by atoms with E-state index < -0.39 is 0 Å². The number of methoxy groups -OCH3 is 1. The number of benzene rings is 1. The summed E-state index contributed by atoms with van der Waals surface area (Å²) in [6, 6.07) is 5.85. The van der Waals surface area contributed by atoms with E-state index in [2.05, 4.69) is 15.3 Å². The van der Waals surface area contributed by atoms with E-state index in [0.29, 0.717) is 18.8 Å². The third-order valence-corrected chi connectivity index (χ3v) is 5.22. The van der Waals surface area contributed by atoms with Gasteiger partial charge in [-0.2, -0.15) is 0 Å². The molecular weight excluding hydrogens is 344 g/mol. The van der Waals surface area contributed by atoms with E-state index in [-0.39, 0.29) is 17.8 Å². The zero-order valence-corrected chi connectivity index (χ0v) is 15.5. The minimum Gasteiger partial charge on any atom is -0.497 e. The van der Waals surface area contributed by atoms with E-state index in [4.69, 9.17) is 15.2 Å². The van der Waals surface area contributed by atoms with Crippen LogP contribution >= 0.6 is 0 Å². The average molecular weight is 368 g/mol. The zero-order valence-electron chi connectivity index (χ0n) is 15.5. The van der Waals surface area contributed by atoms with Crippen molar-refractivity contribution in [2.45, 2.75) is 32.1 Å². The average Bonchev–Trinajstić information content (AvgIpc) is 2.70. The maximum absolute atomic E-state index is 12.7. The lowest BCUT2D eigenvalue weighted by atomic mass is 9.94. The number of anilines is 1. The van der Waals surface area contributed by atoms with Crippen LogP contribution in [0.2, 0.25) is 0 Å². The molecule has 2 heterocycles. The highest BCUT2D eigenvalue weighted by molar-refractivity contribution is 5.94. The summed E-state index contributed by atoms with van der Waals surface area (Å²) in [7, 11) is 1.64. The third-order valence-electron chi connectivity index (χ3n) is 5.22. The molecule has 1 unspecified atom stereocenters. The van der Waals surface area contributed by atoms with E-state index >= 15 is 0 Å². The Kier molecular flexibility index (Phi) is 4.83. The van der Waals surface area contributed by atoms with E-state index in [9.17, 15) is 4.79 Å². The van der Waals surface area contributed by atoms with Crippen LogP contribution in [0.3, 0.4) is 0 Å². The molecule has 142 valence electrons. The second-order valence-corrected chi connectivity index (χ2v) is 7.13. The van der Waals surface area contributed by atoms with Crippen molar-refractivity contribution in [1.29, 1.82) is 0 Å². The van der Waals surface area contributed by atoms with Gasteiger partial charge in [0.2, 0.25) is 5.95 Å². The number of nitrogen functional groups attached to an aromatic ring is 1. The highest BCUT2D eigenvalue weighted by atomic mass is 16.5. The van der Waals surface area contributed by atoms with Gasteiger partial charge in [0.05, 0.1) is 13.7 Å². The predicted octanol–water partition coefficient (Wildman–Crippen LogP) is 1.93. The summed E-state index contributed by atoms with van der Waals surface area (Å²) in [6.07, 6.45) is 4.67. The highest BCUT2D eigenvalue weighted by Crippen LogP contribution is 2.31. The number of rotatable bonds is 4. The van der Waals surface area contributed by atoms with Gasteiger partial charge in [0.25, 0.3) is 5.91 Å². The van der Waals surface area contributed by atoms with Crippen LogP contribution in [-0.4, -0.2) is 36.1 Å². The molecule has 3 N–H and O–H groups in total. The molecule has 2 aliphatic rings. The molecule has 0 saturated carbocycles. The predicted molar refractivity (Wildman–Crippen MR) is 101 cm³/mol. The first kappa shape index (κ1) is 17.6. The lowest BCUT2D eigenvalue weighted by Gasteiger charge is -2.26. The van der Waals surface area contributed by atoms with Crippen LogP contribution < -0.4 is 20.5 Å². The number of amides is 1. The summed E-state index contributed by atoms with van der Waals surface area (Å²) in [4.78, 5) is 21.2. The number of nitrogens with one attached hydrogen (secondary N) is 1. The Bertz CT molecular complexity index is 869. The number of carbonyl (C=O) groups excluding carboxylic acids is 1. The molecule has 0 spiro atoms. The van der Waals surface area contributed by atoms with Gasteiger partial charge in [0.1, 0.15) is 17.2 Å². The summed E-state index contributed by atoms with van der Waals surface area (Å²) >= 11 is 0. The molecule has 7 nitrogen and oxygen atoms in total. The number of carbonyl (C=O) groups is 1. The Morgan fingerprint density at radius 1 is 1.33 bits per heavy atom. The van der Waals surface area contributed by atoms with Gasteiger partial charge in [-0.15, -0.1) is 0 Å². The van der Waals surface area contributed by atoms with Gasteiger partial charge in [0.15, 0.2) is 0 Å². The van der Waals surface area contributed by atoms with Crippen molar-refractivity contribution >= 4 is 11.9 Å². The molecule has 1 atom stereocenters. The summed E-state index contributed by atoms with van der Waals surface area (Å²) in [6.45, 7) is 1.09. The monoisotopic (exact) mass is 368 g/mol. The van der Waals surface area contributed by atoms with E-state index in [1.807, 2.05) is 18.2 Å². The summed E-state index contributed by atoms with van der Waals surface area (Å²) in [5.74, 6) is 1.85. The molecule has 0 fully saturated rings. The minimum absolute atomic E-state index is 0.171. The van der Waals surface area contributed by atoms with Crippen LogP contribution in [0.5, 0.6) is 11.5 Å². The van der Waals surface area contributed by atoms with Gasteiger partial charge in [-0.1, -0.05) is 6.07 Å². The number of nitrogens with zero attached hydrogens (tertiary/aromatic N) is 2. The first-order chi connectivity index (χ1) is 13.1. The normalized spacial score (nSPS) is 18.0. The van der Waals surface area contributed by atoms with Gasteiger partial charge in [-0.3, -0.25) is 4.79 Å². The maximum atomic E-state index is 12.7. The Labute approximate surface area is 158 Å². The number of aromatic nitrogens is 2. The van der Waals surface area contributed by atoms with Crippen LogP contribution in [0, 0.1) is 5.92 Å². The largest absolute Gasteiger partial charge is 0.497 e. The number of fused-ring (bicyclic) bond motifs is 2. The van der Waals surface area contributed by atoms with Crippen molar-refractivity contribution in [2.24, 2.45) is 5.92 Å². The summed E-state index contributed by atoms with van der Waals surface area (Å²) in [5.41, 5.74) is 9.23. The lowest BCUT2D eigenvalue weighted by Crippen LogP contribution is -2.36. The number of hydrogen-bond donors (Lipinski definition) is 2. The quantitative estimate of drug-likeness (QED) is 0.855. The van der Waals surface area contributed by atoms with E-state index in [0.717, 1.165) is 60.4 Å². The van der Waals surface area contributed by atoms with Crippen molar-refractivity contribution in [3.8, 4) is 11.5 Å². The molecule has 1 amide bonds. The van der Waals surface area contributed by atoms with Crippen LogP contribution in [0.4, 0.5) is 5.95 Å². The SMILES string of the molecule is COc1ccc2c(c1)OCC(CNC(=O)c1nc(N)nc3c1CCCC3)C2. The number of nitrogens with two attached hydrogens (primary N) is 1. The summed E-state index contributed by atoms with van der Waals surface area (Å²) < 4.78 is 11.1. The van der Waals surface area contributed by atoms with E-state index in [1.165, 1.54) is 0 Å². The molecular formula is C20H24N4O3. The van der Waals surface area contributed by atoms with Crippen molar-refractivity contribution in [1.82, 2.24) is 15.3 Å². The van der Waals surface area contributed by atoms with Crippen molar-refractivity contribution in [3.63, 3.8) is 0 Å². The standard InChI is InChI=1S/C20H24N4O3/c1-26-14-7-6-13-8-12(11-27-17(13)9-14)10-22-19(25)18-15-4-2-3-5-16(15)23-20(21)24-18/h6-7,9,12H,2-5,8,10-11H2,1H3,(H,22,25)(H2,21,23,24). The van der Waals surface area contributed by atoms with Crippen LogP contribution in [0.1, 0.15) is 40.2 Å². The van der Waals surface area contributed by atoms with Gasteiger partial charge in [-0.25, -0.2) is 9.97 Å².